The molecule has 1 saturated carbocycles. The van der Waals surface area contributed by atoms with Crippen LogP contribution < -0.4 is 11.4 Å². The zero-order chi connectivity index (χ0) is 18.4. The molecule has 1 fully saturated rings. The van der Waals surface area contributed by atoms with E-state index in [1.807, 2.05) is 19.9 Å². The maximum absolute atomic E-state index is 13.0. The van der Waals surface area contributed by atoms with E-state index in [4.69, 9.17) is 5.84 Å². The van der Waals surface area contributed by atoms with Gasteiger partial charge >= 0.3 is 0 Å². The van der Waals surface area contributed by atoms with E-state index in [-0.39, 0.29) is 18.0 Å². The van der Waals surface area contributed by atoms with Crippen molar-refractivity contribution in [1.82, 2.24) is 25.2 Å². The summed E-state index contributed by atoms with van der Waals surface area (Å²) < 4.78 is 0. The number of amides is 1. The third-order valence-electron chi connectivity index (χ3n) is 4.75. The van der Waals surface area contributed by atoms with Crippen LogP contribution in [0.25, 0.3) is 11.0 Å². The number of pyridine rings is 2. The van der Waals surface area contributed by atoms with Gasteiger partial charge < -0.3 is 4.98 Å². The Balaban J connectivity index is 1.68. The van der Waals surface area contributed by atoms with Gasteiger partial charge in [0.1, 0.15) is 0 Å². The van der Waals surface area contributed by atoms with Crippen molar-refractivity contribution >= 4 is 16.9 Å². The number of nitrogens with zero attached hydrogens (tertiary/aromatic N) is 3. The van der Waals surface area contributed by atoms with Gasteiger partial charge in [0.2, 0.25) is 0 Å². The van der Waals surface area contributed by atoms with E-state index < -0.39 is 0 Å². The van der Waals surface area contributed by atoms with Crippen molar-refractivity contribution in [2.75, 3.05) is 0 Å². The van der Waals surface area contributed by atoms with E-state index in [0.717, 1.165) is 34.8 Å². The maximum Gasteiger partial charge on any atom is 0.268 e. The highest BCUT2D eigenvalue weighted by molar-refractivity contribution is 6.05. The Bertz CT molecular complexity index is 1060. The van der Waals surface area contributed by atoms with Gasteiger partial charge in [-0.2, -0.15) is 5.10 Å². The highest BCUT2D eigenvalue weighted by atomic mass is 16.2. The summed E-state index contributed by atoms with van der Waals surface area (Å²) in [5, 5.41) is 8.52. The van der Waals surface area contributed by atoms with Gasteiger partial charge in [0.15, 0.2) is 5.65 Å². The van der Waals surface area contributed by atoms with Crippen molar-refractivity contribution in [3.8, 4) is 0 Å². The molecule has 26 heavy (non-hydrogen) atoms. The second-order valence-electron chi connectivity index (χ2n) is 6.88. The molecule has 3 aromatic rings. The summed E-state index contributed by atoms with van der Waals surface area (Å²) in [5.74, 6) is 6.07. The van der Waals surface area contributed by atoms with Gasteiger partial charge in [-0.3, -0.25) is 19.7 Å². The number of hydrogen-bond acceptors (Lipinski definition) is 5. The van der Waals surface area contributed by atoms with E-state index in [2.05, 4.69) is 20.2 Å². The largest absolute Gasteiger partial charge is 0.326 e. The molecule has 3 heterocycles. The standard InChI is InChI=1S/C18H20N6O2/c1-9-5-10(2)21-17(25)14(9)8-24(19)18(26)12-6-15(11-3-4-11)22-16-13(12)7-20-23-16/h5-7,11H,3-4,8,19H2,1-2H3,(H,21,25)(H,20,22,23). The topological polar surface area (TPSA) is 121 Å². The number of rotatable bonds is 4. The molecule has 0 atom stereocenters. The summed E-state index contributed by atoms with van der Waals surface area (Å²) in [7, 11) is 0. The number of hydrogen-bond donors (Lipinski definition) is 3. The van der Waals surface area contributed by atoms with E-state index >= 15 is 0 Å². The van der Waals surface area contributed by atoms with Crippen LogP contribution in [0.4, 0.5) is 0 Å². The molecule has 4 N–H and O–H groups in total. The first-order chi connectivity index (χ1) is 12.4. The predicted octanol–water partition coefficient (Wildman–Crippen LogP) is 1.66. The number of nitrogens with two attached hydrogens (primary N) is 1. The fourth-order valence-corrected chi connectivity index (χ4v) is 3.19. The van der Waals surface area contributed by atoms with Crippen molar-refractivity contribution in [2.24, 2.45) is 5.84 Å². The highest BCUT2D eigenvalue weighted by Gasteiger charge is 2.28. The molecule has 0 unspecified atom stereocenters. The van der Waals surface area contributed by atoms with E-state index in [0.29, 0.717) is 28.1 Å². The zero-order valence-electron chi connectivity index (χ0n) is 14.7. The smallest absolute Gasteiger partial charge is 0.268 e. The first-order valence-corrected chi connectivity index (χ1v) is 8.54. The Morgan fingerprint density at radius 3 is 2.81 bits per heavy atom. The van der Waals surface area contributed by atoms with Crippen LogP contribution in [0.2, 0.25) is 0 Å². The van der Waals surface area contributed by atoms with Crippen molar-refractivity contribution in [3.05, 3.63) is 56.8 Å². The van der Waals surface area contributed by atoms with E-state index in [1.54, 1.807) is 12.3 Å². The average Bonchev–Trinajstić information content (AvgIpc) is 3.34. The third-order valence-corrected chi connectivity index (χ3v) is 4.75. The van der Waals surface area contributed by atoms with Crippen LogP contribution in [0.5, 0.6) is 0 Å². The molecule has 1 amide bonds. The Hall–Kier alpha value is -3.00. The van der Waals surface area contributed by atoms with Gasteiger partial charge in [0.25, 0.3) is 11.5 Å². The molecule has 1 aliphatic carbocycles. The molecule has 4 rings (SSSR count). The predicted molar refractivity (Wildman–Crippen MR) is 96.5 cm³/mol. The Morgan fingerprint density at radius 2 is 2.12 bits per heavy atom. The lowest BCUT2D eigenvalue weighted by Gasteiger charge is -2.18. The number of H-pyrrole nitrogens is 2. The van der Waals surface area contributed by atoms with Crippen LogP contribution in [0.3, 0.4) is 0 Å². The lowest BCUT2D eigenvalue weighted by atomic mass is 10.1. The van der Waals surface area contributed by atoms with Gasteiger partial charge in [0, 0.05) is 22.9 Å². The summed E-state index contributed by atoms with van der Waals surface area (Å²) in [6.45, 7) is 3.68. The quantitative estimate of drug-likeness (QED) is 0.374. The lowest BCUT2D eigenvalue weighted by molar-refractivity contribution is 0.0744. The molecule has 0 spiro atoms. The van der Waals surface area contributed by atoms with Gasteiger partial charge in [-0.05, 0) is 44.4 Å². The fraction of sp³-hybridized carbons (Fsp3) is 0.333. The number of hydrazine groups is 1. The third kappa shape index (κ3) is 2.88. The van der Waals surface area contributed by atoms with Crippen LogP contribution in [-0.4, -0.2) is 31.1 Å². The minimum Gasteiger partial charge on any atom is -0.326 e. The van der Waals surface area contributed by atoms with E-state index in [9.17, 15) is 9.59 Å². The first kappa shape index (κ1) is 16.5. The molecule has 8 heteroatoms. The number of nitrogens with one attached hydrogen (secondary N) is 2. The Labute approximate surface area is 149 Å². The van der Waals surface area contributed by atoms with Gasteiger partial charge in [-0.25, -0.2) is 10.8 Å². The summed E-state index contributed by atoms with van der Waals surface area (Å²) in [4.78, 5) is 32.5. The summed E-state index contributed by atoms with van der Waals surface area (Å²) >= 11 is 0. The average molecular weight is 352 g/mol. The van der Waals surface area contributed by atoms with Crippen LogP contribution in [0.15, 0.2) is 23.1 Å². The molecule has 0 aliphatic heterocycles. The van der Waals surface area contributed by atoms with Gasteiger partial charge in [0.05, 0.1) is 23.7 Å². The molecule has 0 aromatic carbocycles. The summed E-state index contributed by atoms with van der Waals surface area (Å²) in [5.41, 5.74) is 3.73. The molecule has 0 bridgehead atoms. The first-order valence-electron chi connectivity index (χ1n) is 8.54. The molecular weight excluding hydrogens is 332 g/mol. The summed E-state index contributed by atoms with van der Waals surface area (Å²) in [6, 6.07) is 3.66. The van der Waals surface area contributed by atoms with E-state index in [1.165, 1.54) is 0 Å². The number of aromatic nitrogens is 4. The number of aryl methyl sites for hydroxylation is 2. The monoisotopic (exact) mass is 352 g/mol. The Morgan fingerprint density at radius 1 is 1.35 bits per heavy atom. The molecule has 8 nitrogen and oxygen atoms in total. The Kier molecular flexibility index (Phi) is 3.84. The molecule has 3 aromatic heterocycles. The van der Waals surface area contributed by atoms with Crippen LogP contribution in [0.1, 0.15) is 51.6 Å². The number of aromatic amines is 2. The molecule has 0 saturated heterocycles. The second-order valence-corrected chi connectivity index (χ2v) is 6.88. The highest BCUT2D eigenvalue weighted by Crippen LogP contribution is 2.40. The normalized spacial score (nSPS) is 14.0. The number of fused-ring (bicyclic) bond motifs is 1. The van der Waals surface area contributed by atoms with Crippen LogP contribution in [0, 0.1) is 13.8 Å². The zero-order valence-corrected chi connectivity index (χ0v) is 14.7. The van der Waals surface area contributed by atoms with Gasteiger partial charge in [-0.1, -0.05) is 0 Å². The fourth-order valence-electron chi connectivity index (χ4n) is 3.19. The SMILES string of the molecule is Cc1cc(C)c(CN(N)C(=O)c2cc(C3CC3)nc3[nH]ncc23)c(=O)[nH]1. The molecule has 0 radical (unpaired) electrons. The molecule has 1 aliphatic rings. The van der Waals surface area contributed by atoms with Crippen molar-refractivity contribution < 1.29 is 4.79 Å². The second kappa shape index (κ2) is 6.06. The number of carbonyl (C=O) groups is 1. The van der Waals surface area contributed by atoms with Crippen molar-refractivity contribution in [3.63, 3.8) is 0 Å². The number of carbonyl (C=O) groups excluding carboxylic acids is 1. The molecular formula is C18H20N6O2. The van der Waals surface area contributed by atoms with Crippen molar-refractivity contribution in [1.29, 1.82) is 0 Å². The van der Waals surface area contributed by atoms with Crippen molar-refractivity contribution in [2.45, 2.75) is 39.2 Å². The minimum absolute atomic E-state index is 0.0285. The maximum atomic E-state index is 13.0. The van der Waals surface area contributed by atoms with Crippen LogP contribution >= 0.6 is 0 Å². The summed E-state index contributed by atoms with van der Waals surface area (Å²) in [6.07, 6.45) is 3.72. The lowest BCUT2D eigenvalue weighted by Crippen LogP contribution is -2.39. The van der Waals surface area contributed by atoms with Gasteiger partial charge in [-0.15, -0.1) is 0 Å². The van der Waals surface area contributed by atoms with Crippen LogP contribution in [-0.2, 0) is 6.54 Å². The minimum atomic E-state index is -0.361. The molecule has 134 valence electrons.